The third kappa shape index (κ3) is 6.92. The number of guanidine groups is 1. The van der Waals surface area contributed by atoms with Crippen LogP contribution < -0.4 is 10.6 Å². The first-order valence-electron chi connectivity index (χ1n) is 10.4. The molecule has 0 bridgehead atoms. The Bertz CT molecular complexity index is 733. The molecule has 2 N–H and O–H groups in total. The summed E-state index contributed by atoms with van der Waals surface area (Å²) >= 11 is 5.93. The first kappa shape index (κ1) is 21.4. The maximum absolute atomic E-state index is 12.6. The molecule has 2 aliphatic rings. The molecule has 0 radical (unpaired) electrons. The third-order valence-corrected chi connectivity index (χ3v) is 5.26. The Morgan fingerprint density at radius 1 is 1.24 bits per heavy atom. The maximum atomic E-state index is 12.6. The zero-order chi connectivity index (χ0) is 20.6. The Morgan fingerprint density at radius 3 is 2.66 bits per heavy atom. The van der Waals surface area contributed by atoms with Crippen LogP contribution in [-0.2, 0) is 16.1 Å². The number of hydrogen-bond donors (Lipinski definition) is 2. The molecule has 158 valence electrons. The van der Waals surface area contributed by atoms with Gasteiger partial charge in [0.1, 0.15) is 0 Å². The van der Waals surface area contributed by atoms with Crippen molar-refractivity contribution in [2.45, 2.75) is 45.2 Å². The number of carbonyl (C=O) groups excluding carboxylic acids is 2. The number of aliphatic imine (C=N–C) groups is 1. The van der Waals surface area contributed by atoms with E-state index in [0.717, 1.165) is 37.5 Å². The molecule has 1 saturated heterocycles. The van der Waals surface area contributed by atoms with Crippen molar-refractivity contribution in [2.75, 3.05) is 32.7 Å². The summed E-state index contributed by atoms with van der Waals surface area (Å²) < 4.78 is 0. The predicted molar refractivity (Wildman–Crippen MR) is 115 cm³/mol. The molecule has 1 aliphatic carbocycles. The van der Waals surface area contributed by atoms with Crippen LogP contribution in [0, 0.1) is 0 Å². The first-order chi connectivity index (χ1) is 14.0. The number of nitrogens with one attached hydrogen (secondary N) is 2. The van der Waals surface area contributed by atoms with Gasteiger partial charge in [-0.2, -0.15) is 0 Å². The van der Waals surface area contributed by atoms with E-state index in [-0.39, 0.29) is 11.8 Å². The van der Waals surface area contributed by atoms with Gasteiger partial charge in [0.25, 0.3) is 0 Å². The largest absolute Gasteiger partial charge is 0.357 e. The first-order valence-corrected chi connectivity index (χ1v) is 10.8. The van der Waals surface area contributed by atoms with Crippen molar-refractivity contribution < 1.29 is 9.59 Å². The molecular formula is C21H30ClN5O2. The van der Waals surface area contributed by atoms with E-state index in [2.05, 4.69) is 15.6 Å². The number of amides is 2. The minimum absolute atomic E-state index is 0.0839. The zero-order valence-corrected chi connectivity index (χ0v) is 17.7. The highest BCUT2D eigenvalue weighted by Crippen LogP contribution is 2.18. The highest BCUT2D eigenvalue weighted by molar-refractivity contribution is 6.30. The standard InChI is InChI=1S/C21H30ClN5O2/c1-2-23-21(24-11-3-4-19(28)25-18-9-10-18)27-13-12-26(20(29)15-27)14-16-5-7-17(22)8-6-16/h5-8,18H,2-4,9-15H2,1H3,(H,23,24)(H,25,28). The Kier molecular flexibility index (Phi) is 7.75. The topological polar surface area (TPSA) is 77.0 Å². The summed E-state index contributed by atoms with van der Waals surface area (Å²) in [6, 6.07) is 8.00. The van der Waals surface area contributed by atoms with Crippen molar-refractivity contribution in [3.8, 4) is 0 Å². The zero-order valence-electron chi connectivity index (χ0n) is 17.0. The van der Waals surface area contributed by atoms with Gasteiger partial charge in [-0.1, -0.05) is 23.7 Å². The van der Waals surface area contributed by atoms with Crippen molar-refractivity contribution in [1.29, 1.82) is 0 Å². The third-order valence-electron chi connectivity index (χ3n) is 5.01. The van der Waals surface area contributed by atoms with E-state index in [4.69, 9.17) is 11.6 Å². The summed E-state index contributed by atoms with van der Waals surface area (Å²) in [5, 5.41) is 6.95. The molecule has 2 amide bonds. The number of hydrogen-bond acceptors (Lipinski definition) is 3. The minimum Gasteiger partial charge on any atom is -0.357 e. The Balaban J connectivity index is 1.47. The van der Waals surface area contributed by atoms with Crippen LogP contribution in [0.4, 0.5) is 0 Å². The van der Waals surface area contributed by atoms with Crippen LogP contribution in [0.2, 0.25) is 5.02 Å². The molecule has 0 atom stereocenters. The fraction of sp³-hybridized carbons (Fsp3) is 0.571. The van der Waals surface area contributed by atoms with E-state index in [1.807, 2.05) is 41.0 Å². The van der Waals surface area contributed by atoms with Gasteiger partial charge in [-0.3, -0.25) is 14.6 Å². The molecule has 8 heteroatoms. The molecule has 0 spiro atoms. The van der Waals surface area contributed by atoms with Gasteiger partial charge in [0.2, 0.25) is 11.8 Å². The van der Waals surface area contributed by atoms with Gasteiger partial charge in [-0.15, -0.1) is 0 Å². The fourth-order valence-electron chi connectivity index (χ4n) is 3.24. The quantitative estimate of drug-likeness (QED) is 0.384. The lowest BCUT2D eigenvalue weighted by Crippen LogP contribution is -2.55. The summed E-state index contributed by atoms with van der Waals surface area (Å²) in [5.74, 6) is 0.939. The van der Waals surface area contributed by atoms with Crippen LogP contribution in [0.25, 0.3) is 0 Å². The lowest BCUT2D eigenvalue weighted by Gasteiger charge is -2.36. The van der Waals surface area contributed by atoms with Gasteiger partial charge in [0.05, 0.1) is 6.54 Å². The van der Waals surface area contributed by atoms with Crippen LogP contribution >= 0.6 is 11.6 Å². The van der Waals surface area contributed by atoms with Crippen molar-refractivity contribution in [2.24, 2.45) is 4.99 Å². The van der Waals surface area contributed by atoms with Gasteiger partial charge in [0, 0.05) is 50.2 Å². The highest BCUT2D eigenvalue weighted by atomic mass is 35.5. The number of benzene rings is 1. The molecule has 1 aromatic carbocycles. The molecule has 0 aromatic heterocycles. The Hall–Kier alpha value is -2.28. The number of piperazine rings is 1. The predicted octanol–water partition coefficient (Wildman–Crippen LogP) is 2.01. The van der Waals surface area contributed by atoms with Gasteiger partial charge in [-0.25, -0.2) is 0 Å². The van der Waals surface area contributed by atoms with Crippen molar-refractivity contribution in [3.05, 3.63) is 34.9 Å². The Morgan fingerprint density at radius 2 is 2.00 bits per heavy atom. The minimum atomic E-state index is 0.0839. The molecule has 1 aliphatic heterocycles. The van der Waals surface area contributed by atoms with Crippen LogP contribution in [0.15, 0.2) is 29.3 Å². The van der Waals surface area contributed by atoms with Crippen LogP contribution in [0.3, 0.4) is 0 Å². The average Bonchev–Trinajstić information content (AvgIpc) is 3.51. The average molecular weight is 420 g/mol. The van der Waals surface area contributed by atoms with E-state index < -0.39 is 0 Å². The molecule has 1 saturated carbocycles. The van der Waals surface area contributed by atoms with E-state index in [1.165, 1.54) is 0 Å². The lowest BCUT2D eigenvalue weighted by atomic mass is 10.2. The summed E-state index contributed by atoms with van der Waals surface area (Å²) in [5.41, 5.74) is 1.07. The summed E-state index contributed by atoms with van der Waals surface area (Å²) in [6.07, 6.45) is 3.41. The molecule has 7 nitrogen and oxygen atoms in total. The molecule has 3 rings (SSSR count). The van der Waals surface area contributed by atoms with E-state index in [0.29, 0.717) is 50.1 Å². The fourth-order valence-corrected chi connectivity index (χ4v) is 3.37. The number of halogens is 1. The summed E-state index contributed by atoms with van der Waals surface area (Å²) in [6.45, 7) is 5.59. The molecular weight excluding hydrogens is 390 g/mol. The summed E-state index contributed by atoms with van der Waals surface area (Å²) in [7, 11) is 0. The van der Waals surface area contributed by atoms with Crippen molar-refractivity contribution >= 4 is 29.4 Å². The smallest absolute Gasteiger partial charge is 0.242 e. The number of carbonyl (C=O) groups is 2. The lowest BCUT2D eigenvalue weighted by molar-refractivity contribution is -0.135. The van der Waals surface area contributed by atoms with Crippen molar-refractivity contribution in [1.82, 2.24) is 20.4 Å². The molecule has 29 heavy (non-hydrogen) atoms. The second-order valence-electron chi connectivity index (χ2n) is 7.54. The van der Waals surface area contributed by atoms with Crippen molar-refractivity contribution in [3.63, 3.8) is 0 Å². The number of rotatable bonds is 8. The molecule has 1 aromatic rings. The van der Waals surface area contributed by atoms with Gasteiger partial charge in [-0.05, 0) is 43.9 Å². The van der Waals surface area contributed by atoms with Crippen LogP contribution in [0.5, 0.6) is 0 Å². The normalized spacial score (nSPS) is 17.4. The summed E-state index contributed by atoms with van der Waals surface area (Å²) in [4.78, 5) is 32.9. The maximum Gasteiger partial charge on any atom is 0.242 e. The molecule has 2 fully saturated rings. The highest BCUT2D eigenvalue weighted by Gasteiger charge is 2.26. The van der Waals surface area contributed by atoms with Gasteiger partial charge < -0.3 is 20.4 Å². The monoisotopic (exact) mass is 419 g/mol. The Labute approximate surface area is 177 Å². The second-order valence-corrected chi connectivity index (χ2v) is 7.98. The number of nitrogens with zero attached hydrogens (tertiary/aromatic N) is 3. The molecule has 0 unspecified atom stereocenters. The van der Waals surface area contributed by atoms with Crippen LogP contribution in [0.1, 0.15) is 38.2 Å². The van der Waals surface area contributed by atoms with E-state index in [1.54, 1.807) is 0 Å². The molecule has 1 heterocycles. The van der Waals surface area contributed by atoms with Gasteiger partial charge in [0.15, 0.2) is 5.96 Å². The van der Waals surface area contributed by atoms with E-state index >= 15 is 0 Å². The second kappa shape index (κ2) is 10.5. The SMILES string of the molecule is CCNC(=NCCCC(=O)NC1CC1)N1CCN(Cc2ccc(Cl)cc2)C(=O)C1. The van der Waals surface area contributed by atoms with Crippen LogP contribution in [-0.4, -0.2) is 66.3 Å². The van der Waals surface area contributed by atoms with Gasteiger partial charge >= 0.3 is 0 Å². The van der Waals surface area contributed by atoms with E-state index in [9.17, 15) is 9.59 Å².